The minimum absolute atomic E-state index is 0.139. The van der Waals surface area contributed by atoms with Gasteiger partial charge in [0, 0.05) is 18.6 Å². The van der Waals surface area contributed by atoms with E-state index in [1.165, 1.54) is 6.42 Å². The molecule has 0 unspecified atom stereocenters. The molecule has 4 nitrogen and oxygen atoms in total. The summed E-state index contributed by atoms with van der Waals surface area (Å²) in [6.07, 6.45) is 3.22. The molecule has 0 aromatic heterocycles. The third kappa shape index (κ3) is 2.17. The van der Waals surface area contributed by atoms with Crippen LogP contribution >= 0.6 is 0 Å². The van der Waals surface area contributed by atoms with E-state index in [0.29, 0.717) is 18.5 Å². The molecule has 2 rings (SSSR count). The average molecular weight is 226 g/mol. The maximum Gasteiger partial charge on any atom is 0.410 e. The van der Waals surface area contributed by atoms with Crippen LogP contribution in [0.1, 0.15) is 40.0 Å². The van der Waals surface area contributed by atoms with Gasteiger partial charge in [-0.3, -0.25) is 0 Å². The first kappa shape index (κ1) is 11.7. The molecule has 0 spiro atoms. The van der Waals surface area contributed by atoms with Crippen molar-refractivity contribution in [2.24, 2.45) is 11.7 Å². The molecule has 1 aliphatic carbocycles. The van der Waals surface area contributed by atoms with Gasteiger partial charge in [0.1, 0.15) is 5.60 Å². The molecule has 0 radical (unpaired) electrons. The second kappa shape index (κ2) is 3.91. The van der Waals surface area contributed by atoms with Gasteiger partial charge in [0.2, 0.25) is 0 Å². The summed E-state index contributed by atoms with van der Waals surface area (Å²) in [5.41, 5.74) is 5.64. The van der Waals surface area contributed by atoms with Crippen molar-refractivity contribution in [2.75, 3.05) is 6.54 Å². The van der Waals surface area contributed by atoms with E-state index in [1.807, 2.05) is 25.7 Å². The molecular formula is C12H22N2O2. The summed E-state index contributed by atoms with van der Waals surface area (Å²) in [5.74, 6) is 0.493. The van der Waals surface area contributed by atoms with Gasteiger partial charge in [-0.15, -0.1) is 0 Å². The van der Waals surface area contributed by atoms with Gasteiger partial charge < -0.3 is 15.4 Å². The number of fused-ring (bicyclic) bond motifs is 1. The molecule has 1 heterocycles. The topological polar surface area (TPSA) is 55.6 Å². The van der Waals surface area contributed by atoms with Gasteiger partial charge in [0.25, 0.3) is 0 Å². The van der Waals surface area contributed by atoms with Crippen molar-refractivity contribution in [2.45, 2.75) is 57.7 Å². The molecule has 0 aromatic carbocycles. The second-order valence-corrected chi connectivity index (χ2v) is 5.96. The summed E-state index contributed by atoms with van der Waals surface area (Å²) in [6, 6.07) is 0.463. The normalized spacial score (nSPS) is 34.0. The molecule has 1 saturated heterocycles. The van der Waals surface area contributed by atoms with Gasteiger partial charge in [-0.2, -0.15) is 0 Å². The minimum Gasteiger partial charge on any atom is -0.444 e. The number of likely N-dealkylation sites (tertiary alicyclic amines) is 1. The molecular weight excluding hydrogens is 204 g/mol. The highest BCUT2D eigenvalue weighted by Crippen LogP contribution is 2.37. The summed E-state index contributed by atoms with van der Waals surface area (Å²) < 4.78 is 5.41. The van der Waals surface area contributed by atoms with Crippen molar-refractivity contribution in [1.29, 1.82) is 0 Å². The van der Waals surface area contributed by atoms with E-state index in [9.17, 15) is 4.79 Å². The lowest BCUT2D eigenvalue weighted by atomic mass is 10.0. The molecule has 16 heavy (non-hydrogen) atoms. The number of carbonyl (C=O) groups excluding carboxylic acids is 1. The second-order valence-electron chi connectivity index (χ2n) is 5.96. The number of carbonyl (C=O) groups is 1. The van der Waals surface area contributed by atoms with Crippen LogP contribution in [0.25, 0.3) is 0 Å². The van der Waals surface area contributed by atoms with E-state index >= 15 is 0 Å². The number of ether oxygens (including phenoxy) is 1. The standard InChI is InChI=1S/C12H22N2O2/c1-12(2,3)16-11(15)14-7-9(13)8-5-4-6-10(8)14/h8-10H,4-7,13H2,1-3H3/t8-,9+,10-/m1/s1. The fraction of sp³-hybridized carbons (Fsp3) is 0.917. The Bertz CT molecular complexity index is 285. The molecule has 92 valence electrons. The summed E-state index contributed by atoms with van der Waals surface area (Å²) in [7, 11) is 0. The van der Waals surface area contributed by atoms with Crippen molar-refractivity contribution in [1.82, 2.24) is 4.90 Å². The first-order chi connectivity index (χ1) is 7.38. The Labute approximate surface area is 97.1 Å². The summed E-state index contributed by atoms with van der Waals surface area (Å²) in [6.45, 7) is 6.34. The van der Waals surface area contributed by atoms with Crippen LogP contribution in [0.5, 0.6) is 0 Å². The lowest BCUT2D eigenvalue weighted by Gasteiger charge is -2.28. The highest BCUT2D eigenvalue weighted by atomic mass is 16.6. The van der Waals surface area contributed by atoms with Crippen molar-refractivity contribution in [3.63, 3.8) is 0 Å². The van der Waals surface area contributed by atoms with E-state index in [4.69, 9.17) is 10.5 Å². The lowest BCUT2D eigenvalue weighted by Crippen LogP contribution is -2.40. The largest absolute Gasteiger partial charge is 0.444 e. The third-order valence-corrected chi connectivity index (χ3v) is 3.52. The Kier molecular flexibility index (Phi) is 2.86. The Morgan fingerprint density at radius 3 is 2.69 bits per heavy atom. The summed E-state index contributed by atoms with van der Waals surface area (Å²) in [4.78, 5) is 13.8. The van der Waals surface area contributed by atoms with Crippen LogP contribution in [0.3, 0.4) is 0 Å². The zero-order valence-electron chi connectivity index (χ0n) is 10.4. The van der Waals surface area contributed by atoms with Gasteiger partial charge in [0.15, 0.2) is 0 Å². The third-order valence-electron chi connectivity index (χ3n) is 3.52. The zero-order chi connectivity index (χ0) is 11.9. The van der Waals surface area contributed by atoms with Crippen LogP contribution in [-0.2, 0) is 4.74 Å². The number of nitrogens with zero attached hydrogens (tertiary/aromatic N) is 1. The van der Waals surface area contributed by atoms with Crippen LogP contribution in [0, 0.1) is 5.92 Å². The van der Waals surface area contributed by atoms with Gasteiger partial charge >= 0.3 is 6.09 Å². The zero-order valence-corrected chi connectivity index (χ0v) is 10.4. The van der Waals surface area contributed by atoms with Gasteiger partial charge in [-0.1, -0.05) is 6.42 Å². The number of nitrogens with two attached hydrogens (primary N) is 1. The van der Waals surface area contributed by atoms with Gasteiger partial charge in [-0.25, -0.2) is 4.79 Å². The molecule has 4 heteroatoms. The highest BCUT2D eigenvalue weighted by molar-refractivity contribution is 5.69. The van der Waals surface area contributed by atoms with E-state index in [2.05, 4.69) is 0 Å². The molecule has 1 amide bonds. The van der Waals surface area contributed by atoms with E-state index in [-0.39, 0.29) is 12.1 Å². The molecule has 2 N–H and O–H groups in total. The van der Waals surface area contributed by atoms with Crippen molar-refractivity contribution in [3.8, 4) is 0 Å². The van der Waals surface area contributed by atoms with Crippen LogP contribution in [0.2, 0.25) is 0 Å². The highest BCUT2D eigenvalue weighted by Gasteiger charge is 2.45. The molecule has 0 bridgehead atoms. The summed E-state index contributed by atoms with van der Waals surface area (Å²) >= 11 is 0. The van der Waals surface area contributed by atoms with Gasteiger partial charge in [-0.05, 0) is 39.5 Å². The predicted molar refractivity (Wildman–Crippen MR) is 62.0 cm³/mol. The molecule has 2 aliphatic rings. The maximum atomic E-state index is 12.0. The first-order valence-electron chi connectivity index (χ1n) is 6.14. The number of hydrogen-bond donors (Lipinski definition) is 1. The van der Waals surface area contributed by atoms with Crippen molar-refractivity contribution < 1.29 is 9.53 Å². The molecule has 1 saturated carbocycles. The van der Waals surface area contributed by atoms with Crippen LogP contribution in [0.15, 0.2) is 0 Å². The van der Waals surface area contributed by atoms with Crippen molar-refractivity contribution in [3.05, 3.63) is 0 Å². The maximum absolute atomic E-state index is 12.0. The van der Waals surface area contributed by atoms with Crippen LogP contribution in [-0.4, -0.2) is 35.2 Å². The van der Waals surface area contributed by atoms with Crippen LogP contribution in [0.4, 0.5) is 4.79 Å². The quantitative estimate of drug-likeness (QED) is 0.684. The minimum atomic E-state index is -0.419. The Morgan fingerprint density at radius 2 is 2.06 bits per heavy atom. The first-order valence-corrected chi connectivity index (χ1v) is 6.14. The molecule has 1 aliphatic heterocycles. The predicted octanol–water partition coefficient (Wildman–Crippen LogP) is 1.73. The monoisotopic (exact) mass is 226 g/mol. The van der Waals surface area contributed by atoms with Gasteiger partial charge in [0.05, 0.1) is 0 Å². The lowest BCUT2D eigenvalue weighted by molar-refractivity contribution is 0.0217. The fourth-order valence-electron chi connectivity index (χ4n) is 2.88. The van der Waals surface area contributed by atoms with E-state index in [0.717, 1.165) is 12.8 Å². The number of rotatable bonds is 0. The van der Waals surface area contributed by atoms with E-state index in [1.54, 1.807) is 0 Å². The Balaban J connectivity index is 2.02. The molecule has 0 aromatic rings. The summed E-state index contributed by atoms with van der Waals surface area (Å²) in [5, 5.41) is 0. The average Bonchev–Trinajstić information content (AvgIpc) is 2.66. The molecule has 2 fully saturated rings. The van der Waals surface area contributed by atoms with Crippen molar-refractivity contribution >= 4 is 6.09 Å². The van der Waals surface area contributed by atoms with Crippen LogP contribution < -0.4 is 5.73 Å². The fourth-order valence-corrected chi connectivity index (χ4v) is 2.88. The molecule has 3 atom stereocenters. The SMILES string of the molecule is CC(C)(C)OC(=O)N1C[C@H](N)[C@H]2CCC[C@H]21. The number of amides is 1. The van der Waals surface area contributed by atoms with E-state index < -0.39 is 5.60 Å². The Morgan fingerprint density at radius 1 is 1.38 bits per heavy atom. The smallest absolute Gasteiger partial charge is 0.410 e. The number of hydrogen-bond acceptors (Lipinski definition) is 3. The Hall–Kier alpha value is -0.770.